The van der Waals surface area contributed by atoms with E-state index in [-0.39, 0.29) is 33.8 Å². The van der Waals surface area contributed by atoms with Crippen molar-refractivity contribution in [3.8, 4) is 0 Å². The van der Waals surface area contributed by atoms with Gasteiger partial charge in [0.25, 0.3) is 15.9 Å². The fourth-order valence-corrected chi connectivity index (χ4v) is 5.87. The molecule has 4 aromatic carbocycles. The molecule has 0 fully saturated rings. The third-order valence-electron chi connectivity index (χ3n) is 6.35. The molecule has 0 heterocycles. The van der Waals surface area contributed by atoms with Crippen LogP contribution in [0.2, 0.25) is 5.02 Å². The Morgan fingerprint density at radius 3 is 1.95 bits per heavy atom. The first kappa shape index (κ1) is 30.3. The largest absolute Gasteiger partial charge is 0.465 e. The number of sulfonamides is 1. The first-order valence-corrected chi connectivity index (χ1v) is 14.4. The van der Waals surface area contributed by atoms with Gasteiger partial charge in [0, 0.05) is 16.3 Å². The lowest BCUT2D eigenvalue weighted by atomic mass is 10.1. The Labute approximate surface area is 248 Å². The summed E-state index contributed by atoms with van der Waals surface area (Å²) in [4.78, 5) is 37.3. The van der Waals surface area contributed by atoms with Gasteiger partial charge in [-0.3, -0.25) is 9.10 Å². The fourth-order valence-electron chi connectivity index (χ4n) is 4.17. The minimum Gasteiger partial charge on any atom is -0.465 e. The Bertz CT molecular complexity index is 1710. The normalized spacial score (nSPS) is 11.0. The van der Waals surface area contributed by atoms with Crippen molar-refractivity contribution < 1.29 is 32.3 Å². The molecule has 0 aliphatic heterocycles. The van der Waals surface area contributed by atoms with Gasteiger partial charge in [0.2, 0.25) is 0 Å². The summed E-state index contributed by atoms with van der Waals surface area (Å²) in [6.07, 6.45) is 0. The predicted molar refractivity (Wildman–Crippen MR) is 160 cm³/mol. The molecule has 0 aromatic heterocycles. The quantitative estimate of drug-likeness (QED) is 0.237. The lowest BCUT2D eigenvalue weighted by molar-refractivity contribution is 0.0598. The number of hydrogen-bond acceptors (Lipinski definition) is 7. The van der Waals surface area contributed by atoms with Crippen molar-refractivity contribution in [3.05, 3.63) is 124 Å². The van der Waals surface area contributed by atoms with Gasteiger partial charge in [0.05, 0.1) is 42.5 Å². The Morgan fingerprint density at radius 2 is 1.38 bits per heavy atom. The van der Waals surface area contributed by atoms with Crippen LogP contribution in [-0.2, 0) is 26.0 Å². The van der Waals surface area contributed by atoms with E-state index in [0.29, 0.717) is 16.3 Å². The van der Waals surface area contributed by atoms with E-state index in [0.717, 1.165) is 5.56 Å². The summed E-state index contributed by atoms with van der Waals surface area (Å²) in [7, 11) is -1.56. The van der Waals surface area contributed by atoms with Crippen LogP contribution in [0.3, 0.4) is 0 Å². The van der Waals surface area contributed by atoms with Crippen molar-refractivity contribution in [1.82, 2.24) is 0 Å². The highest BCUT2D eigenvalue weighted by Crippen LogP contribution is 2.31. The number of hydrogen-bond donors (Lipinski definition) is 1. The number of benzene rings is 4. The van der Waals surface area contributed by atoms with Crippen LogP contribution in [0.5, 0.6) is 0 Å². The van der Waals surface area contributed by atoms with Gasteiger partial charge in [0.15, 0.2) is 0 Å². The third-order valence-corrected chi connectivity index (χ3v) is 8.36. The lowest BCUT2D eigenvalue weighted by Crippen LogP contribution is -2.31. The molecule has 9 nitrogen and oxygen atoms in total. The average Bonchev–Trinajstić information content (AvgIpc) is 3.00. The number of aryl methyl sites for hydroxylation is 1. The molecule has 4 rings (SSSR count). The van der Waals surface area contributed by atoms with E-state index in [1.165, 1.54) is 48.9 Å². The molecule has 1 amide bonds. The zero-order valence-corrected chi connectivity index (χ0v) is 24.5. The highest BCUT2D eigenvalue weighted by atomic mass is 35.5. The van der Waals surface area contributed by atoms with Crippen molar-refractivity contribution >= 4 is 50.8 Å². The Kier molecular flexibility index (Phi) is 9.29. The van der Waals surface area contributed by atoms with E-state index in [9.17, 15) is 22.8 Å². The number of methoxy groups -OCH3 is 2. The standard InChI is InChI=1S/C31H27ClN2O7S/c1-20-9-14-25(32)18-28(20)34(42(38,39)27-7-5-4-6-8-27)19-21-10-12-22(13-11-21)29(35)33-26-16-23(30(36)40-2)15-24(17-26)31(37)41-3/h4-18H,19H2,1-3H3,(H,33,35). The molecule has 0 aliphatic rings. The molecule has 0 atom stereocenters. The number of carbonyl (C=O) groups is 3. The van der Waals surface area contributed by atoms with Gasteiger partial charge in [-0.1, -0.05) is 48.0 Å². The van der Waals surface area contributed by atoms with Gasteiger partial charge in [-0.05, 0) is 72.6 Å². The smallest absolute Gasteiger partial charge is 0.337 e. The fraction of sp³-hybridized carbons (Fsp3) is 0.129. The number of nitrogens with one attached hydrogen (secondary N) is 1. The van der Waals surface area contributed by atoms with Crippen LogP contribution in [0.25, 0.3) is 0 Å². The second-order valence-corrected chi connectivity index (χ2v) is 11.5. The number of amides is 1. The maximum atomic E-state index is 13.7. The zero-order valence-electron chi connectivity index (χ0n) is 23.0. The zero-order chi connectivity index (χ0) is 30.4. The lowest BCUT2D eigenvalue weighted by Gasteiger charge is -2.26. The molecule has 0 saturated carbocycles. The number of halogens is 1. The van der Waals surface area contributed by atoms with Crippen LogP contribution in [0.1, 0.15) is 42.2 Å². The summed E-state index contributed by atoms with van der Waals surface area (Å²) < 4.78 is 38.2. The predicted octanol–water partition coefficient (Wildman–Crippen LogP) is 5.87. The van der Waals surface area contributed by atoms with Crippen LogP contribution in [0, 0.1) is 6.92 Å². The highest BCUT2D eigenvalue weighted by Gasteiger charge is 2.27. The van der Waals surface area contributed by atoms with Crippen molar-refractivity contribution in [2.75, 3.05) is 23.8 Å². The number of anilines is 2. The Hall–Kier alpha value is -4.67. The van der Waals surface area contributed by atoms with Gasteiger partial charge in [-0.25, -0.2) is 18.0 Å². The van der Waals surface area contributed by atoms with E-state index < -0.39 is 27.9 Å². The minimum atomic E-state index is -3.97. The van der Waals surface area contributed by atoms with Gasteiger partial charge in [-0.15, -0.1) is 0 Å². The summed E-state index contributed by atoms with van der Waals surface area (Å²) in [5.74, 6) is -1.89. The number of esters is 2. The van der Waals surface area contributed by atoms with Gasteiger partial charge < -0.3 is 14.8 Å². The maximum absolute atomic E-state index is 13.7. The molecular weight excluding hydrogens is 580 g/mol. The molecule has 216 valence electrons. The number of nitrogens with zero attached hydrogens (tertiary/aromatic N) is 1. The highest BCUT2D eigenvalue weighted by molar-refractivity contribution is 7.92. The summed E-state index contributed by atoms with van der Waals surface area (Å²) in [5.41, 5.74) is 2.33. The van der Waals surface area contributed by atoms with Crippen LogP contribution in [-0.4, -0.2) is 40.5 Å². The van der Waals surface area contributed by atoms with E-state index in [1.54, 1.807) is 67.6 Å². The summed E-state index contributed by atoms with van der Waals surface area (Å²) in [5, 5.41) is 3.06. The Balaban J connectivity index is 1.62. The van der Waals surface area contributed by atoms with E-state index in [2.05, 4.69) is 5.32 Å². The monoisotopic (exact) mass is 606 g/mol. The molecule has 1 N–H and O–H groups in total. The minimum absolute atomic E-state index is 0.0238. The second kappa shape index (κ2) is 12.9. The van der Waals surface area contributed by atoms with Crippen molar-refractivity contribution in [2.45, 2.75) is 18.4 Å². The third kappa shape index (κ3) is 6.79. The molecule has 0 spiro atoms. The van der Waals surface area contributed by atoms with E-state index in [4.69, 9.17) is 21.1 Å². The number of rotatable bonds is 9. The van der Waals surface area contributed by atoms with Crippen molar-refractivity contribution in [1.29, 1.82) is 0 Å². The van der Waals surface area contributed by atoms with Gasteiger partial charge >= 0.3 is 11.9 Å². The van der Waals surface area contributed by atoms with E-state index in [1.807, 2.05) is 0 Å². The second-order valence-electron chi connectivity index (χ2n) is 9.19. The molecule has 0 radical (unpaired) electrons. The van der Waals surface area contributed by atoms with E-state index >= 15 is 0 Å². The summed E-state index contributed by atoms with van der Waals surface area (Å²) in [6.45, 7) is 1.78. The van der Waals surface area contributed by atoms with Crippen LogP contribution in [0.4, 0.5) is 11.4 Å². The van der Waals surface area contributed by atoms with Crippen LogP contribution >= 0.6 is 11.6 Å². The number of carbonyl (C=O) groups excluding carboxylic acids is 3. The molecule has 0 saturated heterocycles. The van der Waals surface area contributed by atoms with Gasteiger partial charge in [-0.2, -0.15) is 0 Å². The van der Waals surface area contributed by atoms with Gasteiger partial charge in [0.1, 0.15) is 0 Å². The SMILES string of the molecule is COC(=O)c1cc(NC(=O)c2ccc(CN(c3cc(Cl)ccc3C)S(=O)(=O)c3ccccc3)cc2)cc(C(=O)OC)c1. The first-order chi connectivity index (χ1) is 20.0. The topological polar surface area (TPSA) is 119 Å². The van der Waals surface area contributed by atoms with Crippen molar-refractivity contribution in [3.63, 3.8) is 0 Å². The Morgan fingerprint density at radius 1 is 0.786 bits per heavy atom. The maximum Gasteiger partial charge on any atom is 0.337 e. The summed E-state index contributed by atoms with van der Waals surface area (Å²) >= 11 is 6.24. The average molecular weight is 607 g/mol. The molecule has 11 heteroatoms. The van der Waals surface area contributed by atoms with Crippen LogP contribution < -0.4 is 9.62 Å². The van der Waals surface area contributed by atoms with Crippen LogP contribution in [0.15, 0.2) is 95.9 Å². The molecule has 0 aliphatic carbocycles. The summed E-state index contributed by atoms with van der Waals surface area (Å²) in [6, 6.07) is 23.6. The van der Waals surface area contributed by atoms with Crippen molar-refractivity contribution in [2.24, 2.45) is 0 Å². The molecule has 0 unspecified atom stereocenters. The molecule has 0 bridgehead atoms. The molecule has 42 heavy (non-hydrogen) atoms. The first-order valence-electron chi connectivity index (χ1n) is 12.6. The molecular formula is C31H27ClN2O7S. The number of ether oxygens (including phenoxy) is 2. The molecule has 4 aromatic rings.